The van der Waals surface area contributed by atoms with Crippen LogP contribution in [0, 0.1) is 0 Å². The van der Waals surface area contributed by atoms with E-state index in [4.69, 9.17) is 20.8 Å². The smallest absolute Gasteiger partial charge is 0.291 e. The van der Waals surface area contributed by atoms with E-state index in [2.05, 4.69) is 0 Å². The molecule has 5 rings (SSSR count). The minimum Gasteiger partial charge on any atom is -0.504 e. The molecule has 0 saturated heterocycles. The van der Waals surface area contributed by atoms with Gasteiger partial charge in [-0.2, -0.15) is 0 Å². The number of carbonyl (C=O) groups excluding carboxylic acids is 1. The fourth-order valence-electron chi connectivity index (χ4n) is 4.25. The van der Waals surface area contributed by atoms with Crippen molar-refractivity contribution in [1.82, 2.24) is 4.90 Å². The minimum absolute atomic E-state index is 0.0155. The standard InChI is InChI=1S/C26H20ClNO5/c1-2-32-21-12-16(8-10-19(21)29)23-22-24(30)18-13-17(27)9-11-20(18)33-25(22)26(31)28(23)14-15-6-4-3-5-7-15/h3-13,23,29H,2,14H2,1H3. The van der Waals surface area contributed by atoms with Crippen LogP contribution in [-0.4, -0.2) is 22.5 Å². The second kappa shape index (κ2) is 8.30. The third-order valence-corrected chi connectivity index (χ3v) is 5.96. The maximum absolute atomic E-state index is 13.6. The first-order chi connectivity index (χ1) is 16.0. The summed E-state index contributed by atoms with van der Waals surface area (Å²) in [5.41, 5.74) is 1.78. The molecule has 0 fully saturated rings. The summed E-state index contributed by atoms with van der Waals surface area (Å²) >= 11 is 6.13. The summed E-state index contributed by atoms with van der Waals surface area (Å²) in [6.45, 7) is 2.44. The van der Waals surface area contributed by atoms with Crippen LogP contribution in [0.3, 0.4) is 0 Å². The van der Waals surface area contributed by atoms with Gasteiger partial charge in [-0.25, -0.2) is 0 Å². The van der Waals surface area contributed by atoms with E-state index in [0.717, 1.165) is 5.56 Å². The summed E-state index contributed by atoms with van der Waals surface area (Å²) in [6.07, 6.45) is 0. The molecule has 1 aromatic heterocycles. The van der Waals surface area contributed by atoms with Crippen LogP contribution in [0.4, 0.5) is 0 Å². The zero-order valence-corrected chi connectivity index (χ0v) is 18.5. The molecule has 0 aliphatic carbocycles. The molecule has 4 aromatic rings. The first-order valence-electron chi connectivity index (χ1n) is 10.5. The topological polar surface area (TPSA) is 80.0 Å². The average Bonchev–Trinajstić information content (AvgIpc) is 3.08. The Morgan fingerprint density at radius 1 is 1.06 bits per heavy atom. The molecule has 1 amide bonds. The summed E-state index contributed by atoms with van der Waals surface area (Å²) in [7, 11) is 0. The maximum atomic E-state index is 13.6. The number of amides is 1. The zero-order chi connectivity index (χ0) is 23.1. The number of phenols is 1. The van der Waals surface area contributed by atoms with Gasteiger partial charge >= 0.3 is 0 Å². The van der Waals surface area contributed by atoms with Gasteiger partial charge in [-0.1, -0.05) is 48.0 Å². The lowest BCUT2D eigenvalue weighted by Crippen LogP contribution is -2.29. The Bertz CT molecular complexity index is 1430. The van der Waals surface area contributed by atoms with Crippen molar-refractivity contribution in [3.8, 4) is 11.5 Å². The molecule has 7 heteroatoms. The zero-order valence-electron chi connectivity index (χ0n) is 17.7. The molecule has 0 saturated carbocycles. The normalized spacial score (nSPS) is 15.2. The van der Waals surface area contributed by atoms with Gasteiger partial charge in [0.1, 0.15) is 5.58 Å². The van der Waals surface area contributed by atoms with E-state index < -0.39 is 6.04 Å². The Kier molecular flexibility index (Phi) is 5.30. The van der Waals surface area contributed by atoms with Crippen molar-refractivity contribution in [3.63, 3.8) is 0 Å². The van der Waals surface area contributed by atoms with Gasteiger partial charge in [0.25, 0.3) is 5.91 Å². The molecule has 0 radical (unpaired) electrons. The number of hydrogen-bond donors (Lipinski definition) is 1. The Labute approximate surface area is 194 Å². The highest BCUT2D eigenvalue weighted by Crippen LogP contribution is 2.41. The lowest BCUT2D eigenvalue weighted by Gasteiger charge is -2.25. The van der Waals surface area contributed by atoms with Crippen molar-refractivity contribution in [3.05, 3.63) is 104 Å². The van der Waals surface area contributed by atoms with Crippen LogP contribution in [-0.2, 0) is 6.54 Å². The van der Waals surface area contributed by atoms with Crippen molar-refractivity contribution in [2.24, 2.45) is 0 Å². The van der Waals surface area contributed by atoms with E-state index in [9.17, 15) is 14.7 Å². The average molecular weight is 462 g/mol. The lowest BCUT2D eigenvalue weighted by atomic mass is 9.97. The molecule has 2 heterocycles. The Balaban J connectivity index is 1.74. The number of aromatic hydroxyl groups is 1. The predicted molar refractivity (Wildman–Crippen MR) is 125 cm³/mol. The van der Waals surface area contributed by atoms with Gasteiger partial charge in [0.05, 0.1) is 23.6 Å². The van der Waals surface area contributed by atoms with Gasteiger partial charge in [0, 0.05) is 11.6 Å². The van der Waals surface area contributed by atoms with Crippen molar-refractivity contribution in [2.45, 2.75) is 19.5 Å². The van der Waals surface area contributed by atoms with Crippen LogP contribution in [0.25, 0.3) is 11.0 Å². The van der Waals surface area contributed by atoms with Gasteiger partial charge in [-0.15, -0.1) is 0 Å². The van der Waals surface area contributed by atoms with Gasteiger partial charge in [-0.05, 0) is 48.4 Å². The fourth-order valence-corrected chi connectivity index (χ4v) is 4.43. The number of carbonyl (C=O) groups is 1. The van der Waals surface area contributed by atoms with Crippen molar-refractivity contribution in [2.75, 3.05) is 6.61 Å². The molecular weight excluding hydrogens is 442 g/mol. The van der Waals surface area contributed by atoms with E-state index in [1.54, 1.807) is 35.2 Å². The third-order valence-electron chi connectivity index (χ3n) is 5.72. The molecule has 6 nitrogen and oxygen atoms in total. The predicted octanol–water partition coefficient (Wildman–Crippen LogP) is 5.30. The number of halogens is 1. The number of rotatable bonds is 5. The molecule has 1 aliphatic heterocycles. The van der Waals surface area contributed by atoms with E-state index in [1.165, 1.54) is 6.07 Å². The van der Waals surface area contributed by atoms with E-state index in [-0.39, 0.29) is 40.7 Å². The van der Waals surface area contributed by atoms with Gasteiger partial charge in [0.15, 0.2) is 16.9 Å². The van der Waals surface area contributed by atoms with Crippen molar-refractivity contribution < 1.29 is 19.1 Å². The SMILES string of the molecule is CCOc1cc(C2c3c(oc4ccc(Cl)cc4c3=O)C(=O)N2Cc2ccccc2)ccc1O. The van der Waals surface area contributed by atoms with Crippen molar-refractivity contribution in [1.29, 1.82) is 0 Å². The molecule has 1 aliphatic rings. The fraction of sp³-hybridized carbons (Fsp3) is 0.154. The highest BCUT2D eigenvalue weighted by molar-refractivity contribution is 6.31. The summed E-state index contributed by atoms with van der Waals surface area (Å²) < 4.78 is 11.5. The van der Waals surface area contributed by atoms with Crippen LogP contribution < -0.4 is 10.2 Å². The van der Waals surface area contributed by atoms with E-state index >= 15 is 0 Å². The van der Waals surface area contributed by atoms with E-state index in [0.29, 0.717) is 28.2 Å². The van der Waals surface area contributed by atoms with Crippen LogP contribution in [0.2, 0.25) is 5.02 Å². The third kappa shape index (κ3) is 3.62. The molecule has 0 spiro atoms. The van der Waals surface area contributed by atoms with Crippen LogP contribution in [0.1, 0.15) is 40.2 Å². The molecule has 1 unspecified atom stereocenters. The summed E-state index contributed by atoms with van der Waals surface area (Å²) in [5, 5.41) is 10.9. The summed E-state index contributed by atoms with van der Waals surface area (Å²) in [4.78, 5) is 28.7. The molecule has 166 valence electrons. The highest BCUT2D eigenvalue weighted by atomic mass is 35.5. The highest BCUT2D eigenvalue weighted by Gasteiger charge is 2.43. The number of phenolic OH excluding ortho intramolecular Hbond substituents is 1. The first kappa shape index (κ1) is 21.1. The number of ether oxygens (including phenoxy) is 1. The van der Waals surface area contributed by atoms with Gasteiger partial charge in [-0.3, -0.25) is 9.59 Å². The van der Waals surface area contributed by atoms with Crippen molar-refractivity contribution >= 4 is 28.5 Å². The van der Waals surface area contributed by atoms with Crippen LogP contribution in [0.15, 0.2) is 75.9 Å². The van der Waals surface area contributed by atoms with Crippen LogP contribution >= 0.6 is 11.6 Å². The first-order valence-corrected chi connectivity index (χ1v) is 10.9. The van der Waals surface area contributed by atoms with Gasteiger partial charge in [0.2, 0.25) is 5.76 Å². The molecular formula is C26H20ClNO5. The number of nitrogens with zero attached hydrogens (tertiary/aromatic N) is 1. The van der Waals surface area contributed by atoms with Crippen LogP contribution in [0.5, 0.6) is 11.5 Å². The molecule has 0 bridgehead atoms. The van der Waals surface area contributed by atoms with Gasteiger partial charge < -0.3 is 19.2 Å². The Morgan fingerprint density at radius 3 is 2.61 bits per heavy atom. The second-order valence-corrected chi connectivity index (χ2v) is 8.23. The lowest BCUT2D eigenvalue weighted by molar-refractivity contribution is 0.0714. The quantitative estimate of drug-likeness (QED) is 0.436. The Morgan fingerprint density at radius 2 is 1.85 bits per heavy atom. The number of benzene rings is 3. The molecule has 3 aromatic carbocycles. The largest absolute Gasteiger partial charge is 0.504 e. The van der Waals surface area contributed by atoms with E-state index in [1.807, 2.05) is 37.3 Å². The monoisotopic (exact) mass is 461 g/mol. The molecule has 33 heavy (non-hydrogen) atoms. The maximum Gasteiger partial charge on any atom is 0.291 e. The minimum atomic E-state index is -0.716. The summed E-state index contributed by atoms with van der Waals surface area (Å²) in [5.74, 6) is -0.0958. The number of fused-ring (bicyclic) bond motifs is 2. The summed E-state index contributed by atoms with van der Waals surface area (Å²) in [6, 6.07) is 18.4. The molecule has 1 N–H and O–H groups in total. The molecule has 1 atom stereocenters. The number of hydrogen-bond acceptors (Lipinski definition) is 5. The second-order valence-electron chi connectivity index (χ2n) is 7.80. The Hall–Kier alpha value is -3.77.